The topological polar surface area (TPSA) is 33.3 Å². The summed E-state index contributed by atoms with van der Waals surface area (Å²) in [7, 11) is 0. The summed E-state index contributed by atoms with van der Waals surface area (Å²) in [5, 5.41) is 7.01. The lowest BCUT2D eigenvalue weighted by Gasteiger charge is -2.14. The predicted octanol–water partition coefficient (Wildman–Crippen LogP) is 4.57. The lowest BCUT2D eigenvalue weighted by Crippen LogP contribution is -2.12. The van der Waals surface area contributed by atoms with E-state index in [2.05, 4.69) is 61.7 Å². The molecule has 3 rings (SSSR count). The first-order valence-electron chi connectivity index (χ1n) is 7.48. The second kappa shape index (κ2) is 5.68. The number of benzene rings is 2. The molecule has 1 unspecified atom stereocenters. The van der Waals surface area contributed by atoms with Crippen LogP contribution in [0.15, 0.2) is 42.5 Å². The SMILES string of the molecule is Cc1ccc2c(c1)NC(c1ccc(OCC(C)C)cc1)N2. The van der Waals surface area contributed by atoms with Gasteiger partial charge in [0.2, 0.25) is 0 Å². The Morgan fingerprint density at radius 2 is 1.71 bits per heavy atom. The van der Waals surface area contributed by atoms with E-state index in [4.69, 9.17) is 4.74 Å². The lowest BCUT2D eigenvalue weighted by atomic mass is 10.1. The van der Waals surface area contributed by atoms with Crippen molar-refractivity contribution in [2.24, 2.45) is 5.92 Å². The standard InChI is InChI=1S/C18H22N2O/c1-12(2)11-21-15-7-5-14(6-8-15)18-19-16-9-4-13(3)10-17(16)20-18/h4-10,12,18-20H,11H2,1-3H3. The summed E-state index contributed by atoms with van der Waals surface area (Å²) in [5.74, 6) is 1.47. The zero-order valence-corrected chi connectivity index (χ0v) is 12.8. The highest BCUT2D eigenvalue weighted by Gasteiger charge is 2.20. The molecule has 110 valence electrons. The summed E-state index contributed by atoms with van der Waals surface area (Å²) >= 11 is 0. The molecule has 0 amide bonds. The van der Waals surface area contributed by atoms with Crippen LogP contribution in [0.25, 0.3) is 0 Å². The minimum absolute atomic E-state index is 0.126. The van der Waals surface area contributed by atoms with E-state index < -0.39 is 0 Å². The van der Waals surface area contributed by atoms with Crippen molar-refractivity contribution < 1.29 is 4.74 Å². The normalized spacial score (nSPS) is 16.3. The van der Waals surface area contributed by atoms with Crippen LogP contribution in [0.2, 0.25) is 0 Å². The number of ether oxygens (including phenoxy) is 1. The molecule has 1 aliphatic heterocycles. The molecular weight excluding hydrogens is 260 g/mol. The van der Waals surface area contributed by atoms with Crippen LogP contribution in [0.1, 0.15) is 31.1 Å². The number of nitrogens with one attached hydrogen (secondary N) is 2. The van der Waals surface area contributed by atoms with Gasteiger partial charge in [-0.2, -0.15) is 0 Å². The molecule has 0 bridgehead atoms. The summed E-state index contributed by atoms with van der Waals surface area (Å²) in [6.07, 6.45) is 0.126. The third kappa shape index (κ3) is 3.13. The Balaban J connectivity index is 1.69. The molecule has 0 aromatic heterocycles. The highest BCUT2D eigenvalue weighted by atomic mass is 16.5. The Bertz CT molecular complexity index is 620. The molecule has 1 atom stereocenters. The van der Waals surface area contributed by atoms with Gasteiger partial charge in [0.1, 0.15) is 11.9 Å². The number of fused-ring (bicyclic) bond motifs is 1. The number of anilines is 2. The molecule has 2 aromatic carbocycles. The van der Waals surface area contributed by atoms with Gasteiger partial charge in [0.15, 0.2) is 0 Å². The van der Waals surface area contributed by atoms with Gasteiger partial charge in [0.25, 0.3) is 0 Å². The van der Waals surface area contributed by atoms with Gasteiger partial charge >= 0.3 is 0 Å². The van der Waals surface area contributed by atoms with Crippen LogP contribution >= 0.6 is 0 Å². The Kier molecular flexibility index (Phi) is 3.74. The molecule has 2 N–H and O–H groups in total. The average molecular weight is 282 g/mol. The van der Waals surface area contributed by atoms with Crippen LogP contribution < -0.4 is 15.4 Å². The first-order chi connectivity index (χ1) is 10.1. The summed E-state index contributed by atoms with van der Waals surface area (Å²) < 4.78 is 5.72. The molecular formula is C18H22N2O. The van der Waals surface area contributed by atoms with Gasteiger partial charge in [-0.05, 0) is 48.2 Å². The first-order valence-corrected chi connectivity index (χ1v) is 7.48. The fourth-order valence-electron chi connectivity index (χ4n) is 2.44. The van der Waals surface area contributed by atoms with Gasteiger partial charge in [0.05, 0.1) is 18.0 Å². The summed E-state index contributed by atoms with van der Waals surface area (Å²) in [6, 6.07) is 14.7. The van der Waals surface area contributed by atoms with Crippen LogP contribution in [0.5, 0.6) is 5.75 Å². The molecule has 0 radical (unpaired) electrons. The Morgan fingerprint density at radius 1 is 1.00 bits per heavy atom. The molecule has 3 nitrogen and oxygen atoms in total. The zero-order chi connectivity index (χ0) is 14.8. The van der Waals surface area contributed by atoms with E-state index in [1.165, 1.54) is 16.8 Å². The van der Waals surface area contributed by atoms with Crippen LogP contribution in [-0.4, -0.2) is 6.61 Å². The van der Waals surface area contributed by atoms with Gasteiger partial charge in [0, 0.05) is 0 Å². The molecule has 0 spiro atoms. The highest BCUT2D eigenvalue weighted by molar-refractivity contribution is 5.75. The van der Waals surface area contributed by atoms with Crippen LogP contribution in [0, 0.1) is 12.8 Å². The average Bonchev–Trinajstić information content (AvgIpc) is 2.88. The van der Waals surface area contributed by atoms with Crippen molar-refractivity contribution >= 4 is 11.4 Å². The second-order valence-corrected chi connectivity index (χ2v) is 6.04. The largest absolute Gasteiger partial charge is 0.493 e. The number of hydrogen-bond donors (Lipinski definition) is 2. The van der Waals surface area contributed by atoms with Crippen molar-refractivity contribution in [1.29, 1.82) is 0 Å². The van der Waals surface area contributed by atoms with Crippen molar-refractivity contribution in [3.63, 3.8) is 0 Å². The van der Waals surface area contributed by atoms with Crippen molar-refractivity contribution in [3.8, 4) is 5.75 Å². The van der Waals surface area contributed by atoms with E-state index in [9.17, 15) is 0 Å². The molecule has 0 saturated carbocycles. The summed E-state index contributed by atoms with van der Waals surface area (Å²) in [5.41, 5.74) is 4.80. The van der Waals surface area contributed by atoms with Gasteiger partial charge < -0.3 is 15.4 Å². The van der Waals surface area contributed by atoms with Crippen molar-refractivity contribution in [1.82, 2.24) is 0 Å². The minimum Gasteiger partial charge on any atom is -0.493 e. The van der Waals surface area contributed by atoms with Crippen LogP contribution in [0.3, 0.4) is 0 Å². The number of rotatable bonds is 4. The van der Waals surface area contributed by atoms with Crippen LogP contribution in [-0.2, 0) is 0 Å². The minimum atomic E-state index is 0.126. The van der Waals surface area contributed by atoms with E-state index >= 15 is 0 Å². The van der Waals surface area contributed by atoms with E-state index in [1.54, 1.807) is 0 Å². The van der Waals surface area contributed by atoms with Crippen LogP contribution in [0.4, 0.5) is 11.4 Å². The first kappa shape index (κ1) is 13.8. The molecule has 1 heterocycles. The fourth-order valence-corrected chi connectivity index (χ4v) is 2.44. The van der Waals surface area contributed by atoms with Gasteiger partial charge in [-0.1, -0.05) is 32.0 Å². The predicted molar refractivity (Wildman–Crippen MR) is 87.9 cm³/mol. The maximum Gasteiger partial charge on any atom is 0.123 e. The third-order valence-electron chi connectivity index (χ3n) is 3.57. The van der Waals surface area contributed by atoms with E-state index in [1.807, 2.05) is 12.1 Å². The maximum atomic E-state index is 5.72. The second-order valence-electron chi connectivity index (χ2n) is 6.04. The maximum absolute atomic E-state index is 5.72. The van der Waals surface area contributed by atoms with E-state index in [-0.39, 0.29) is 6.17 Å². The van der Waals surface area contributed by atoms with Gasteiger partial charge in [-0.25, -0.2) is 0 Å². The Hall–Kier alpha value is -2.16. The fraction of sp³-hybridized carbons (Fsp3) is 0.333. The Morgan fingerprint density at radius 3 is 2.43 bits per heavy atom. The molecule has 2 aromatic rings. The van der Waals surface area contributed by atoms with E-state index in [0.29, 0.717) is 5.92 Å². The molecule has 21 heavy (non-hydrogen) atoms. The number of hydrogen-bond acceptors (Lipinski definition) is 3. The van der Waals surface area contributed by atoms with Crippen molar-refractivity contribution in [2.75, 3.05) is 17.2 Å². The lowest BCUT2D eigenvalue weighted by molar-refractivity contribution is 0.271. The van der Waals surface area contributed by atoms with Gasteiger partial charge in [-0.15, -0.1) is 0 Å². The van der Waals surface area contributed by atoms with E-state index in [0.717, 1.165) is 18.0 Å². The highest BCUT2D eigenvalue weighted by Crippen LogP contribution is 2.36. The van der Waals surface area contributed by atoms with Gasteiger partial charge in [-0.3, -0.25) is 0 Å². The zero-order valence-electron chi connectivity index (χ0n) is 12.8. The number of aryl methyl sites for hydroxylation is 1. The summed E-state index contributed by atoms with van der Waals surface area (Å²) in [4.78, 5) is 0. The molecule has 0 aliphatic carbocycles. The summed E-state index contributed by atoms with van der Waals surface area (Å²) in [6.45, 7) is 7.17. The molecule has 1 aliphatic rings. The molecule has 0 fully saturated rings. The monoisotopic (exact) mass is 282 g/mol. The quantitative estimate of drug-likeness (QED) is 0.862. The smallest absolute Gasteiger partial charge is 0.123 e. The van der Waals surface area contributed by atoms with Crippen molar-refractivity contribution in [3.05, 3.63) is 53.6 Å². The molecule has 3 heteroatoms. The third-order valence-corrected chi connectivity index (χ3v) is 3.57. The molecule has 0 saturated heterocycles. The van der Waals surface area contributed by atoms with Crippen molar-refractivity contribution in [2.45, 2.75) is 26.9 Å². The Labute approximate surface area is 126 Å².